The van der Waals surface area contributed by atoms with Gasteiger partial charge in [-0.05, 0) is 49.2 Å². The zero-order valence-electron chi connectivity index (χ0n) is 18.6. The van der Waals surface area contributed by atoms with Gasteiger partial charge in [-0.2, -0.15) is 0 Å². The number of anilines is 1. The summed E-state index contributed by atoms with van der Waals surface area (Å²) < 4.78 is 28.5. The first-order valence-electron chi connectivity index (χ1n) is 10.4. The first-order valence-corrected chi connectivity index (χ1v) is 12.3. The van der Waals surface area contributed by atoms with Gasteiger partial charge in [-0.1, -0.05) is 18.2 Å². The summed E-state index contributed by atoms with van der Waals surface area (Å²) in [6.07, 6.45) is 1.14. The molecule has 0 bridgehead atoms. The Labute approximate surface area is 189 Å². The number of piperazine rings is 1. The molecule has 1 aliphatic rings. The van der Waals surface area contributed by atoms with E-state index in [9.17, 15) is 18.0 Å². The fourth-order valence-electron chi connectivity index (χ4n) is 3.57. The summed E-state index contributed by atoms with van der Waals surface area (Å²) in [6, 6.07) is 11.9. The predicted octanol–water partition coefficient (Wildman–Crippen LogP) is 1.87. The molecule has 172 valence electrons. The van der Waals surface area contributed by atoms with Crippen molar-refractivity contribution in [1.82, 2.24) is 9.80 Å². The minimum atomic E-state index is -3.27. The van der Waals surface area contributed by atoms with Crippen molar-refractivity contribution in [3.8, 4) is 5.75 Å². The molecule has 2 aromatic carbocycles. The summed E-state index contributed by atoms with van der Waals surface area (Å²) >= 11 is 0. The quantitative estimate of drug-likeness (QED) is 0.679. The number of para-hydroxylation sites is 1. The van der Waals surface area contributed by atoms with Crippen LogP contribution in [-0.2, 0) is 19.4 Å². The van der Waals surface area contributed by atoms with Crippen LogP contribution in [0, 0.1) is 13.8 Å². The van der Waals surface area contributed by atoms with Gasteiger partial charge in [0.15, 0.2) is 16.4 Å². The maximum atomic E-state index is 12.5. The van der Waals surface area contributed by atoms with E-state index in [0.29, 0.717) is 31.9 Å². The number of amides is 2. The van der Waals surface area contributed by atoms with Crippen LogP contribution in [0.4, 0.5) is 5.69 Å². The zero-order chi connectivity index (χ0) is 23.3. The first-order chi connectivity index (χ1) is 15.1. The topological polar surface area (TPSA) is 96.0 Å². The molecule has 1 heterocycles. The molecular weight excluding hydrogens is 430 g/mol. The van der Waals surface area contributed by atoms with E-state index >= 15 is 0 Å². The zero-order valence-corrected chi connectivity index (χ0v) is 19.4. The molecule has 0 saturated carbocycles. The number of carbonyl (C=O) groups excluding carboxylic acids is 2. The first kappa shape index (κ1) is 23.7. The highest BCUT2D eigenvalue weighted by molar-refractivity contribution is 7.90. The molecule has 0 atom stereocenters. The average Bonchev–Trinajstić information content (AvgIpc) is 2.75. The molecule has 3 rings (SSSR count). The van der Waals surface area contributed by atoms with E-state index in [1.807, 2.05) is 36.9 Å². The van der Waals surface area contributed by atoms with Crippen molar-refractivity contribution >= 4 is 27.3 Å². The molecule has 1 aliphatic heterocycles. The SMILES string of the molecule is Cc1cccc(C)c1NC(=O)CN1CCN(C(=O)COc2ccc(S(C)(=O)=O)cc2)CC1. The van der Waals surface area contributed by atoms with E-state index in [4.69, 9.17) is 4.74 Å². The lowest BCUT2D eigenvalue weighted by molar-refractivity contribution is -0.135. The predicted molar refractivity (Wildman–Crippen MR) is 123 cm³/mol. The normalized spacial score (nSPS) is 14.8. The van der Waals surface area contributed by atoms with Gasteiger partial charge in [0.05, 0.1) is 11.4 Å². The van der Waals surface area contributed by atoms with Crippen molar-refractivity contribution < 1.29 is 22.7 Å². The number of nitrogens with one attached hydrogen (secondary N) is 1. The minimum Gasteiger partial charge on any atom is -0.484 e. The van der Waals surface area contributed by atoms with Crippen LogP contribution in [0.3, 0.4) is 0 Å². The second kappa shape index (κ2) is 10.1. The van der Waals surface area contributed by atoms with Crippen LogP contribution in [-0.4, -0.2) is 75.6 Å². The Bertz CT molecular complexity index is 1060. The smallest absolute Gasteiger partial charge is 0.260 e. The number of nitrogens with zero attached hydrogens (tertiary/aromatic N) is 2. The van der Waals surface area contributed by atoms with Crippen LogP contribution in [0.25, 0.3) is 0 Å². The molecule has 1 N–H and O–H groups in total. The van der Waals surface area contributed by atoms with E-state index in [1.165, 1.54) is 24.3 Å². The lowest BCUT2D eigenvalue weighted by Crippen LogP contribution is -2.51. The number of rotatable bonds is 7. The van der Waals surface area contributed by atoms with Crippen molar-refractivity contribution in [2.75, 3.05) is 50.9 Å². The number of benzene rings is 2. The maximum Gasteiger partial charge on any atom is 0.260 e. The van der Waals surface area contributed by atoms with E-state index in [1.54, 1.807) is 4.90 Å². The number of ether oxygens (including phenoxy) is 1. The number of aryl methyl sites for hydroxylation is 2. The van der Waals surface area contributed by atoms with Gasteiger partial charge in [0.25, 0.3) is 5.91 Å². The number of sulfone groups is 1. The van der Waals surface area contributed by atoms with Gasteiger partial charge in [0.2, 0.25) is 5.91 Å². The number of carbonyl (C=O) groups is 2. The van der Waals surface area contributed by atoms with Crippen molar-refractivity contribution in [2.24, 2.45) is 0 Å². The molecule has 0 unspecified atom stereocenters. The Morgan fingerprint density at radius 3 is 2.12 bits per heavy atom. The summed E-state index contributed by atoms with van der Waals surface area (Å²) in [5.41, 5.74) is 2.91. The molecule has 0 aliphatic carbocycles. The van der Waals surface area contributed by atoms with Crippen molar-refractivity contribution in [3.05, 3.63) is 53.6 Å². The molecule has 0 spiro atoms. The van der Waals surface area contributed by atoms with Gasteiger partial charge in [-0.15, -0.1) is 0 Å². The van der Waals surface area contributed by atoms with E-state index in [0.717, 1.165) is 23.1 Å². The molecule has 2 aromatic rings. The Balaban J connectivity index is 1.43. The minimum absolute atomic E-state index is 0.0666. The standard InChI is InChI=1S/C23H29N3O5S/c1-17-5-4-6-18(2)23(17)24-21(27)15-25-11-13-26(14-12-25)22(28)16-31-19-7-9-20(10-8-19)32(3,29)30/h4-10H,11-16H2,1-3H3,(H,24,27). The van der Waals surface area contributed by atoms with Crippen LogP contribution >= 0.6 is 0 Å². The fraction of sp³-hybridized carbons (Fsp3) is 0.391. The van der Waals surface area contributed by atoms with E-state index in [-0.39, 0.29) is 29.9 Å². The summed E-state index contributed by atoms with van der Waals surface area (Å²) in [5.74, 6) is 0.229. The maximum absolute atomic E-state index is 12.5. The van der Waals surface area contributed by atoms with Gasteiger partial charge in [0.1, 0.15) is 5.75 Å². The summed E-state index contributed by atoms with van der Waals surface area (Å²) in [6.45, 7) is 6.34. The molecule has 8 nitrogen and oxygen atoms in total. The highest BCUT2D eigenvalue weighted by Crippen LogP contribution is 2.19. The van der Waals surface area contributed by atoms with Gasteiger partial charge < -0.3 is 15.0 Å². The Hall–Kier alpha value is -2.91. The molecule has 1 fully saturated rings. The van der Waals surface area contributed by atoms with Crippen molar-refractivity contribution in [1.29, 1.82) is 0 Å². The Kier molecular flexibility index (Phi) is 7.52. The third-order valence-corrected chi connectivity index (χ3v) is 6.58. The summed E-state index contributed by atoms with van der Waals surface area (Å²) in [4.78, 5) is 28.8. The highest BCUT2D eigenvalue weighted by Gasteiger charge is 2.23. The number of hydrogen-bond acceptors (Lipinski definition) is 6. The van der Waals surface area contributed by atoms with Gasteiger partial charge in [-0.3, -0.25) is 14.5 Å². The van der Waals surface area contributed by atoms with Crippen LogP contribution in [0.15, 0.2) is 47.4 Å². The van der Waals surface area contributed by atoms with Gasteiger partial charge in [0, 0.05) is 38.1 Å². The van der Waals surface area contributed by atoms with E-state index in [2.05, 4.69) is 5.32 Å². The molecule has 9 heteroatoms. The van der Waals surface area contributed by atoms with Crippen LogP contribution in [0.1, 0.15) is 11.1 Å². The summed E-state index contributed by atoms with van der Waals surface area (Å²) in [7, 11) is -3.27. The Morgan fingerprint density at radius 2 is 1.56 bits per heavy atom. The van der Waals surface area contributed by atoms with Crippen LogP contribution < -0.4 is 10.1 Å². The van der Waals surface area contributed by atoms with Crippen LogP contribution in [0.5, 0.6) is 5.75 Å². The molecule has 0 aromatic heterocycles. The lowest BCUT2D eigenvalue weighted by Gasteiger charge is -2.34. The van der Waals surface area contributed by atoms with Gasteiger partial charge >= 0.3 is 0 Å². The van der Waals surface area contributed by atoms with Gasteiger partial charge in [-0.25, -0.2) is 8.42 Å². The monoisotopic (exact) mass is 459 g/mol. The Morgan fingerprint density at radius 1 is 0.969 bits per heavy atom. The molecule has 2 amide bonds. The summed E-state index contributed by atoms with van der Waals surface area (Å²) in [5, 5.41) is 2.99. The molecule has 32 heavy (non-hydrogen) atoms. The number of hydrogen-bond donors (Lipinski definition) is 1. The van der Waals surface area contributed by atoms with Crippen molar-refractivity contribution in [2.45, 2.75) is 18.7 Å². The van der Waals surface area contributed by atoms with Crippen LogP contribution in [0.2, 0.25) is 0 Å². The molecule has 0 radical (unpaired) electrons. The van der Waals surface area contributed by atoms with E-state index < -0.39 is 9.84 Å². The van der Waals surface area contributed by atoms with Crippen molar-refractivity contribution in [3.63, 3.8) is 0 Å². The molecule has 1 saturated heterocycles. The largest absolute Gasteiger partial charge is 0.484 e. The fourth-order valence-corrected chi connectivity index (χ4v) is 4.20. The third kappa shape index (κ3) is 6.30. The lowest BCUT2D eigenvalue weighted by atomic mass is 10.1. The third-order valence-electron chi connectivity index (χ3n) is 5.45. The average molecular weight is 460 g/mol. The second-order valence-electron chi connectivity index (χ2n) is 8.00. The second-order valence-corrected chi connectivity index (χ2v) is 10.0. The highest BCUT2D eigenvalue weighted by atomic mass is 32.2. The molecular formula is C23H29N3O5S.